The molecule has 30 heavy (non-hydrogen) atoms. The number of amides is 1. The Hall–Kier alpha value is -3.92. The van der Waals surface area contributed by atoms with E-state index in [1.165, 1.54) is 11.0 Å². The summed E-state index contributed by atoms with van der Waals surface area (Å²) < 4.78 is 6.89. The first-order chi connectivity index (χ1) is 14.6. The molecule has 1 N–H and O–H groups in total. The van der Waals surface area contributed by atoms with Crippen molar-refractivity contribution < 1.29 is 9.32 Å². The maximum Gasteiger partial charge on any atom is 0.259 e. The molecule has 0 atom stereocenters. The molecule has 0 bridgehead atoms. The molecule has 5 heterocycles. The zero-order chi connectivity index (χ0) is 20.7. The van der Waals surface area contributed by atoms with E-state index in [1.54, 1.807) is 49.0 Å². The maximum absolute atomic E-state index is 13.1. The van der Waals surface area contributed by atoms with Crippen molar-refractivity contribution in [1.29, 1.82) is 0 Å². The Balaban J connectivity index is 1.50. The zero-order valence-electron chi connectivity index (χ0n) is 16.0. The highest BCUT2D eigenvalue weighted by Crippen LogP contribution is 2.31. The molecule has 0 saturated heterocycles. The fourth-order valence-corrected chi connectivity index (χ4v) is 3.92. The number of hydrogen-bond acceptors (Lipinski definition) is 8. The maximum atomic E-state index is 13.1. The summed E-state index contributed by atoms with van der Waals surface area (Å²) in [5.74, 6) is 0.306. The summed E-state index contributed by atoms with van der Waals surface area (Å²) in [7, 11) is 0. The highest BCUT2D eigenvalue weighted by atomic mass is 32.1. The average Bonchev–Trinajstić information content (AvgIpc) is 3.50. The summed E-state index contributed by atoms with van der Waals surface area (Å²) in [6, 6.07) is 9.26. The monoisotopic (exact) mass is 417 g/mol. The lowest BCUT2D eigenvalue weighted by atomic mass is 10.1. The number of fused-ring (bicyclic) bond motifs is 1. The number of carbonyl (C=O) groups is 1. The van der Waals surface area contributed by atoms with Gasteiger partial charge >= 0.3 is 0 Å². The van der Waals surface area contributed by atoms with E-state index in [9.17, 15) is 4.79 Å². The fraction of sp³-hybridized carbons (Fsp3) is 0.100. The van der Waals surface area contributed by atoms with E-state index in [0.29, 0.717) is 39.6 Å². The summed E-state index contributed by atoms with van der Waals surface area (Å²) in [6.07, 6.45) is 4.55. The van der Waals surface area contributed by atoms with Gasteiger partial charge < -0.3 is 9.84 Å². The number of rotatable bonds is 4. The van der Waals surface area contributed by atoms with E-state index >= 15 is 0 Å². The lowest BCUT2D eigenvalue weighted by Crippen LogP contribution is -2.13. The van der Waals surface area contributed by atoms with Gasteiger partial charge in [0.15, 0.2) is 5.82 Å². The molecule has 0 radical (unpaired) electrons. The van der Waals surface area contributed by atoms with Crippen LogP contribution in [-0.2, 0) is 0 Å². The van der Waals surface area contributed by atoms with E-state index in [-0.39, 0.29) is 5.91 Å². The van der Waals surface area contributed by atoms with Crippen LogP contribution in [0.3, 0.4) is 0 Å². The van der Waals surface area contributed by atoms with E-state index in [4.69, 9.17) is 4.52 Å². The first-order valence-electron chi connectivity index (χ1n) is 9.05. The predicted molar refractivity (Wildman–Crippen MR) is 112 cm³/mol. The van der Waals surface area contributed by atoms with Crippen molar-refractivity contribution in [3.05, 3.63) is 65.3 Å². The summed E-state index contributed by atoms with van der Waals surface area (Å²) in [5, 5.41) is 11.5. The van der Waals surface area contributed by atoms with Crippen molar-refractivity contribution in [1.82, 2.24) is 29.9 Å². The van der Waals surface area contributed by atoms with Gasteiger partial charge in [-0.05, 0) is 44.2 Å². The van der Waals surface area contributed by atoms with Crippen LogP contribution in [0, 0.1) is 13.8 Å². The molecule has 0 aromatic carbocycles. The quantitative estimate of drug-likeness (QED) is 0.473. The number of thiophene rings is 1. The third-order valence-electron chi connectivity index (χ3n) is 4.51. The van der Waals surface area contributed by atoms with Crippen molar-refractivity contribution >= 4 is 34.0 Å². The zero-order valence-corrected chi connectivity index (χ0v) is 16.8. The molecule has 0 aliphatic rings. The van der Waals surface area contributed by atoms with Crippen LogP contribution in [0.15, 0.2) is 53.7 Å². The lowest BCUT2D eigenvalue weighted by Gasteiger charge is -2.08. The smallest absolute Gasteiger partial charge is 0.259 e. The van der Waals surface area contributed by atoms with E-state index in [0.717, 1.165) is 9.75 Å². The Morgan fingerprint density at radius 1 is 1.20 bits per heavy atom. The van der Waals surface area contributed by atoms with Gasteiger partial charge in [-0.1, -0.05) is 5.16 Å². The van der Waals surface area contributed by atoms with Gasteiger partial charge in [-0.15, -0.1) is 11.3 Å². The predicted octanol–water partition coefficient (Wildman–Crippen LogP) is 3.80. The molecule has 5 aromatic heterocycles. The molecule has 1 amide bonds. The SMILES string of the molecule is Cc1ccc(-c2cc(C(=O)Nc3ccc(-n4cncn4)nc3)c3c(C)noc3n2)s1. The Kier molecular flexibility index (Phi) is 4.32. The number of carbonyl (C=O) groups excluding carboxylic acids is 1. The highest BCUT2D eigenvalue weighted by Gasteiger charge is 2.20. The Morgan fingerprint density at radius 2 is 2.10 bits per heavy atom. The summed E-state index contributed by atoms with van der Waals surface area (Å²) >= 11 is 1.60. The topological polar surface area (TPSA) is 112 Å². The molecule has 5 aromatic rings. The van der Waals surface area contributed by atoms with E-state index in [2.05, 4.69) is 30.5 Å². The van der Waals surface area contributed by atoms with Crippen molar-refractivity contribution in [3.8, 4) is 16.4 Å². The van der Waals surface area contributed by atoms with Gasteiger partial charge in [-0.2, -0.15) is 5.10 Å². The standard InChI is InChI=1S/C20H15N7O2S/c1-11-3-5-16(30-11)15-7-14(18-12(2)26-29-20(18)25-15)19(28)24-13-4-6-17(22-8-13)27-10-21-9-23-27/h3-10H,1-2H3,(H,24,28). The van der Waals surface area contributed by atoms with Crippen LogP contribution in [0.5, 0.6) is 0 Å². The third kappa shape index (κ3) is 3.22. The van der Waals surface area contributed by atoms with E-state index in [1.807, 2.05) is 19.1 Å². The fourth-order valence-electron chi connectivity index (χ4n) is 3.09. The summed E-state index contributed by atoms with van der Waals surface area (Å²) in [4.78, 5) is 28.0. The normalized spacial score (nSPS) is 11.1. The van der Waals surface area contributed by atoms with Crippen molar-refractivity contribution in [2.24, 2.45) is 0 Å². The van der Waals surface area contributed by atoms with Crippen LogP contribution in [0.25, 0.3) is 27.5 Å². The molecule has 0 fully saturated rings. The number of pyridine rings is 2. The second-order valence-corrected chi connectivity index (χ2v) is 7.90. The lowest BCUT2D eigenvalue weighted by molar-refractivity contribution is 0.102. The van der Waals surface area contributed by atoms with Gasteiger partial charge in [-0.3, -0.25) is 4.79 Å². The molecular formula is C20H15N7O2S. The molecule has 10 heteroatoms. The first kappa shape index (κ1) is 18.1. The van der Waals surface area contributed by atoms with Crippen molar-refractivity contribution in [2.75, 3.05) is 5.32 Å². The molecule has 148 valence electrons. The first-order valence-corrected chi connectivity index (χ1v) is 9.86. The van der Waals surface area contributed by atoms with Crippen molar-refractivity contribution in [2.45, 2.75) is 13.8 Å². The molecular weight excluding hydrogens is 402 g/mol. The molecule has 0 saturated carbocycles. The number of nitrogens with zero attached hydrogens (tertiary/aromatic N) is 6. The van der Waals surface area contributed by atoms with Crippen molar-refractivity contribution in [3.63, 3.8) is 0 Å². The van der Waals surface area contributed by atoms with Gasteiger partial charge in [0.1, 0.15) is 12.7 Å². The summed E-state index contributed by atoms with van der Waals surface area (Å²) in [5.41, 5.74) is 2.61. The molecule has 0 unspecified atom stereocenters. The second kappa shape index (κ2) is 7.16. The van der Waals surface area contributed by atoms with Gasteiger partial charge in [0.05, 0.1) is 39.1 Å². The van der Waals surface area contributed by atoms with Crippen LogP contribution in [-0.4, -0.2) is 35.8 Å². The molecule has 5 rings (SSSR count). The van der Waals surface area contributed by atoms with E-state index < -0.39 is 0 Å². The van der Waals surface area contributed by atoms with Crippen LogP contribution < -0.4 is 5.32 Å². The van der Waals surface area contributed by atoms with Gasteiger partial charge in [-0.25, -0.2) is 19.6 Å². The number of anilines is 1. The minimum atomic E-state index is -0.293. The molecule has 0 aliphatic carbocycles. The number of aryl methyl sites for hydroxylation is 2. The number of nitrogens with one attached hydrogen (secondary N) is 1. The van der Waals surface area contributed by atoms with Crippen LogP contribution in [0.4, 0.5) is 5.69 Å². The number of aromatic nitrogens is 6. The second-order valence-electron chi connectivity index (χ2n) is 6.61. The van der Waals surface area contributed by atoms with Crippen LogP contribution >= 0.6 is 11.3 Å². The Bertz CT molecular complexity index is 1350. The summed E-state index contributed by atoms with van der Waals surface area (Å²) in [6.45, 7) is 3.81. The van der Waals surface area contributed by atoms with Gasteiger partial charge in [0.25, 0.3) is 11.6 Å². The Morgan fingerprint density at radius 3 is 2.80 bits per heavy atom. The molecule has 9 nitrogen and oxygen atoms in total. The largest absolute Gasteiger partial charge is 0.335 e. The molecule has 0 aliphatic heterocycles. The Labute approximate surface area is 174 Å². The van der Waals surface area contributed by atoms with Crippen LogP contribution in [0.1, 0.15) is 20.9 Å². The van der Waals surface area contributed by atoms with Gasteiger partial charge in [0.2, 0.25) is 0 Å². The minimum Gasteiger partial charge on any atom is -0.335 e. The minimum absolute atomic E-state index is 0.293. The third-order valence-corrected chi connectivity index (χ3v) is 5.54. The average molecular weight is 417 g/mol. The number of hydrogen-bond donors (Lipinski definition) is 1. The van der Waals surface area contributed by atoms with Gasteiger partial charge in [0, 0.05) is 4.88 Å². The molecule has 0 spiro atoms. The van der Waals surface area contributed by atoms with Crippen LogP contribution in [0.2, 0.25) is 0 Å². The highest BCUT2D eigenvalue weighted by molar-refractivity contribution is 7.15.